The number of aryl methyl sites for hydroxylation is 1. The maximum Gasteiger partial charge on any atom is 0.337 e. The van der Waals surface area contributed by atoms with Gasteiger partial charge in [0.25, 0.3) is 0 Å². The summed E-state index contributed by atoms with van der Waals surface area (Å²) in [5.41, 5.74) is 7.40. The van der Waals surface area contributed by atoms with E-state index in [1.165, 1.54) is 0 Å². The molecule has 4 nitrogen and oxygen atoms in total. The molecule has 0 aliphatic carbocycles. The number of aromatic carboxylic acids is 1. The maximum absolute atomic E-state index is 10.9. The summed E-state index contributed by atoms with van der Waals surface area (Å²) in [6.45, 7) is 0. The first-order valence-corrected chi connectivity index (χ1v) is 4.17. The van der Waals surface area contributed by atoms with Gasteiger partial charge in [-0.05, 0) is 18.2 Å². The second-order valence-electron chi connectivity index (χ2n) is 3.24. The number of carboxylic acids is 1. The summed E-state index contributed by atoms with van der Waals surface area (Å²) < 4.78 is 1.76. The minimum atomic E-state index is -0.916. The smallest absolute Gasteiger partial charge is 0.337 e. The van der Waals surface area contributed by atoms with Crippen molar-refractivity contribution in [2.24, 2.45) is 7.05 Å². The molecular formula is C10H10N2O2. The lowest BCUT2D eigenvalue weighted by molar-refractivity contribution is 0.0699. The molecule has 1 aromatic heterocycles. The first kappa shape index (κ1) is 8.62. The van der Waals surface area contributed by atoms with Gasteiger partial charge in [-0.1, -0.05) is 0 Å². The van der Waals surface area contributed by atoms with E-state index in [9.17, 15) is 4.79 Å². The van der Waals surface area contributed by atoms with Crippen molar-refractivity contribution in [1.82, 2.24) is 4.57 Å². The van der Waals surface area contributed by atoms with Crippen molar-refractivity contribution in [3.05, 3.63) is 30.0 Å². The minimum absolute atomic E-state index is 0.308. The second-order valence-corrected chi connectivity index (χ2v) is 3.24. The van der Waals surface area contributed by atoms with E-state index in [-0.39, 0.29) is 0 Å². The Labute approximate surface area is 80.6 Å². The lowest BCUT2D eigenvalue weighted by Gasteiger charge is -1.96. The van der Waals surface area contributed by atoms with Crippen molar-refractivity contribution >= 4 is 22.6 Å². The predicted molar refractivity (Wildman–Crippen MR) is 54.3 cm³/mol. The van der Waals surface area contributed by atoms with Crippen LogP contribution in [0.4, 0.5) is 5.69 Å². The van der Waals surface area contributed by atoms with Crippen LogP contribution in [-0.2, 0) is 7.05 Å². The molecule has 0 fully saturated rings. The standard InChI is InChI=1S/C10H10N2O2/c1-12-5-8(10(13)14)7-3-2-6(11)4-9(7)12/h2-5H,11H2,1H3,(H,13,14). The van der Waals surface area contributed by atoms with Crippen LogP contribution in [0.1, 0.15) is 10.4 Å². The van der Waals surface area contributed by atoms with Crippen molar-refractivity contribution in [3.8, 4) is 0 Å². The Balaban J connectivity index is 2.84. The number of aromatic nitrogens is 1. The average molecular weight is 190 g/mol. The number of carbonyl (C=O) groups is 1. The molecule has 14 heavy (non-hydrogen) atoms. The third-order valence-electron chi connectivity index (χ3n) is 2.25. The van der Waals surface area contributed by atoms with E-state index in [1.54, 1.807) is 36.0 Å². The highest BCUT2D eigenvalue weighted by molar-refractivity contribution is 6.04. The molecule has 0 aliphatic heterocycles. The molecule has 0 spiro atoms. The molecule has 0 saturated heterocycles. The highest BCUT2D eigenvalue weighted by Gasteiger charge is 2.11. The number of fused-ring (bicyclic) bond motifs is 1. The Morgan fingerprint density at radius 1 is 1.50 bits per heavy atom. The Bertz CT molecular complexity index is 514. The molecule has 4 heteroatoms. The molecule has 0 bridgehead atoms. The molecule has 3 N–H and O–H groups in total. The van der Waals surface area contributed by atoms with Crippen molar-refractivity contribution in [3.63, 3.8) is 0 Å². The number of nitrogens with two attached hydrogens (primary N) is 1. The van der Waals surface area contributed by atoms with E-state index >= 15 is 0 Å². The Hall–Kier alpha value is -1.97. The Kier molecular flexibility index (Phi) is 1.70. The number of benzene rings is 1. The van der Waals surface area contributed by atoms with Crippen LogP contribution in [0.3, 0.4) is 0 Å². The van der Waals surface area contributed by atoms with Gasteiger partial charge in [0, 0.05) is 24.3 Å². The summed E-state index contributed by atoms with van der Waals surface area (Å²) in [4.78, 5) is 10.9. The normalized spacial score (nSPS) is 10.6. The van der Waals surface area contributed by atoms with Gasteiger partial charge in [0.2, 0.25) is 0 Å². The van der Waals surface area contributed by atoms with Gasteiger partial charge < -0.3 is 15.4 Å². The van der Waals surface area contributed by atoms with Gasteiger partial charge in [-0.25, -0.2) is 4.79 Å². The van der Waals surface area contributed by atoms with Gasteiger partial charge in [-0.3, -0.25) is 0 Å². The van der Waals surface area contributed by atoms with Crippen molar-refractivity contribution in [2.75, 3.05) is 5.73 Å². The highest BCUT2D eigenvalue weighted by Crippen LogP contribution is 2.22. The van der Waals surface area contributed by atoms with Gasteiger partial charge in [-0.15, -0.1) is 0 Å². The van der Waals surface area contributed by atoms with E-state index in [0.29, 0.717) is 16.6 Å². The summed E-state index contributed by atoms with van der Waals surface area (Å²) in [5, 5.41) is 9.64. The van der Waals surface area contributed by atoms with E-state index < -0.39 is 5.97 Å². The van der Waals surface area contributed by atoms with Crippen LogP contribution in [0.2, 0.25) is 0 Å². The molecule has 2 rings (SSSR count). The van der Waals surface area contributed by atoms with Gasteiger partial charge in [0.15, 0.2) is 0 Å². The van der Waals surface area contributed by atoms with Gasteiger partial charge in [0.1, 0.15) is 0 Å². The van der Waals surface area contributed by atoms with Crippen LogP contribution < -0.4 is 5.73 Å². The highest BCUT2D eigenvalue weighted by atomic mass is 16.4. The summed E-state index contributed by atoms with van der Waals surface area (Å²) in [7, 11) is 1.80. The monoisotopic (exact) mass is 190 g/mol. The third kappa shape index (κ3) is 1.12. The summed E-state index contributed by atoms with van der Waals surface area (Å²) in [6.07, 6.45) is 1.59. The van der Waals surface area contributed by atoms with Gasteiger partial charge >= 0.3 is 5.97 Å². The second kappa shape index (κ2) is 2.77. The Morgan fingerprint density at radius 2 is 2.21 bits per heavy atom. The first-order valence-electron chi connectivity index (χ1n) is 4.17. The molecule has 0 amide bonds. The first-order chi connectivity index (χ1) is 6.59. The Morgan fingerprint density at radius 3 is 2.86 bits per heavy atom. The molecule has 0 unspecified atom stereocenters. The van der Waals surface area contributed by atoms with Gasteiger partial charge in [-0.2, -0.15) is 0 Å². The zero-order chi connectivity index (χ0) is 10.3. The zero-order valence-electron chi connectivity index (χ0n) is 7.69. The van der Waals surface area contributed by atoms with Crippen LogP contribution in [0.5, 0.6) is 0 Å². The van der Waals surface area contributed by atoms with Crippen molar-refractivity contribution < 1.29 is 9.90 Å². The van der Waals surface area contributed by atoms with Crippen LogP contribution in [0, 0.1) is 0 Å². The third-order valence-corrected chi connectivity index (χ3v) is 2.25. The quantitative estimate of drug-likeness (QED) is 0.669. The molecule has 0 radical (unpaired) electrons. The SMILES string of the molecule is Cn1cc(C(=O)O)c2ccc(N)cc21. The van der Waals surface area contributed by atoms with Crippen LogP contribution in [0.25, 0.3) is 10.9 Å². The summed E-state index contributed by atoms with van der Waals surface area (Å²) in [6, 6.07) is 5.20. The van der Waals surface area contributed by atoms with Gasteiger partial charge in [0.05, 0.1) is 11.1 Å². The lowest BCUT2D eigenvalue weighted by atomic mass is 10.1. The van der Waals surface area contributed by atoms with Crippen LogP contribution >= 0.6 is 0 Å². The average Bonchev–Trinajstić information content (AvgIpc) is 2.44. The molecule has 0 saturated carbocycles. The van der Waals surface area contributed by atoms with Crippen molar-refractivity contribution in [1.29, 1.82) is 0 Å². The number of rotatable bonds is 1. The summed E-state index contributed by atoms with van der Waals surface area (Å²) >= 11 is 0. The fraction of sp³-hybridized carbons (Fsp3) is 0.100. The minimum Gasteiger partial charge on any atom is -0.478 e. The van der Waals surface area contributed by atoms with Crippen LogP contribution in [0.15, 0.2) is 24.4 Å². The molecular weight excluding hydrogens is 180 g/mol. The molecule has 2 aromatic rings. The number of anilines is 1. The van der Waals surface area contributed by atoms with Crippen molar-refractivity contribution in [2.45, 2.75) is 0 Å². The maximum atomic E-state index is 10.9. The molecule has 1 heterocycles. The van der Waals surface area contributed by atoms with E-state index in [4.69, 9.17) is 10.8 Å². The fourth-order valence-corrected chi connectivity index (χ4v) is 1.57. The topological polar surface area (TPSA) is 68.2 Å². The van der Waals surface area contributed by atoms with Crippen LogP contribution in [-0.4, -0.2) is 15.6 Å². The summed E-state index contributed by atoms with van der Waals surface area (Å²) in [5.74, 6) is -0.916. The van der Waals surface area contributed by atoms with E-state index in [1.807, 2.05) is 0 Å². The molecule has 0 atom stereocenters. The predicted octanol–water partition coefficient (Wildman–Crippen LogP) is 1.46. The molecule has 72 valence electrons. The lowest BCUT2D eigenvalue weighted by Crippen LogP contribution is -1.93. The zero-order valence-corrected chi connectivity index (χ0v) is 7.69. The van der Waals surface area contributed by atoms with E-state index in [2.05, 4.69) is 0 Å². The largest absolute Gasteiger partial charge is 0.478 e. The number of hydrogen-bond donors (Lipinski definition) is 2. The number of hydrogen-bond acceptors (Lipinski definition) is 2. The molecule has 1 aromatic carbocycles. The van der Waals surface area contributed by atoms with E-state index in [0.717, 1.165) is 5.52 Å². The molecule has 0 aliphatic rings. The fourth-order valence-electron chi connectivity index (χ4n) is 1.57. The number of nitrogens with zero attached hydrogens (tertiary/aromatic N) is 1. The number of carboxylic acid groups (broad SMARTS) is 1. The number of nitrogen functional groups attached to an aromatic ring is 1.